The van der Waals surface area contributed by atoms with Crippen LogP contribution in [-0.2, 0) is 4.79 Å². The summed E-state index contributed by atoms with van der Waals surface area (Å²) in [7, 11) is 0. The smallest absolute Gasteiger partial charge is 0.234 e. The first-order valence-electron chi connectivity index (χ1n) is 6.49. The zero-order valence-electron chi connectivity index (χ0n) is 10.7. The molecule has 1 aromatic carbocycles. The Bertz CT molecular complexity index is 560. The van der Waals surface area contributed by atoms with E-state index in [4.69, 9.17) is 9.47 Å². The highest BCUT2D eigenvalue weighted by atomic mass is 16.6. The van der Waals surface area contributed by atoms with E-state index in [1.807, 2.05) is 0 Å². The van der Waals surface area contributed by atoms with Gasteiger partial charge in [0.15, 0.2) is 11.5 Å². The molecule has 1 fully saturated rings. The predicted octanol–water partition coefficient (Wildman–Crippen LogP) is 1.45. The molecule has 106 valence electrons. The lowest BCUT2D eigenvalue weighted by molar-refractivity contribution is -0.497. The third-order valence-corrected chi connectivity index (χ3v) is 3.38. The molecule has 1 saturated carbocycles. The van der Waals surface area contributed by atoms with Gasteiger partial charge in [0.1, 0.15) is 5.92 Å². The van der Waals surface area contributed by atoms with Gasteiger partial charge in [-0.2, -0.15) is 0 Å². The standard InChI is InChI=1S/C13H14N2O5/c16-13(9-7-10(9)15(17)18)14-8-2-3-11-12(6-8)20-5-1-4-19-11/h2-3,6,9-10H,1,4-5,7H2,(H,14,16)/t9-,10+/m0/s1. The number of ether oxygens (including phenoxy) is 2. The molecule has 0 radical (unpaired) electrons. The van der Waals surface area contributed by atoms with Crippen LogP contribution in [0.15, 0.2) is 18.2 Å². The summed E-state index contributed by atoms with van der Waals surface area (Å²) in [5, 5.41) is 13.2. The van der Waals surface area contributed by atoms with E-state index in [9.17, 15) is 14.9 Å². The Morgan fingerprint density at radius 1 is 1.30 bits per heavy atom. The van der Waals surface area contributed by atoms with Crippen molar-refractivity contribution in [3.63, 3.8) is 0 Å². The van der Waals surface area contributed by atoms with Gasteiger partial charge < -0.3 is 14.8 Å². The summed E-state index contributed by atoms with van der Waals surface area (Å²) in [6.45, 7) is 1.17. The number of amides is 1. The maximum Gasteiger partial charge on any atom is 0.234 e. The highest BCUT2D eigenvalue weighted by Gasteiger charge is 2.53. The van der Waals surface area contributed by atoms with E-state index in [1.165, 1.54) is 0 Å². The van der Waals surface area contributed by atoms with Gasteiger partial charge >= 0.3 is 0 Å². The van der Waals surface area contributed by atoms with Crippen LogP contribution < -0.4 is 14.8 Å². The van der Waals surface area contributed by atoms with Gasteiger partial charge in [-0.05, 0) is 12.1 Å². The van der Waals surface area contributed by atoms with Crippen LogP contribution in [0.25, 0.3) is 0 Å². The first-order chi connectivity index (χ1) is 9.65. The largest absolute Gasteiger partial charge is 0.490 e. The first kappa shape index (κ1) is 12.7. The minimum absolute atomic E-state index is 0.309. The number of hydrogen-bond donors (Lipinski definition) is 1. The molecule has 1 heterocycles. The second kappa shape index (κ2) is 4.99. The van der Waals surface area contributed by atoms with E-state index in [0.717, 1.165) is 6.42 Å². The van der Waals surface area contributed by atoms with Crippen molar-refractivity contribution in [2.75, 3.05) is 18.5 Å². The van der Waals surface area contributed by atoms with Crippen molar-refractivity contribution in [3.05, 3.63) is 28.3 Å². The fourth-order valence-electron chi connectivity index (χ4n) is 2.17. The Balaban J connectivity index is 1.68. The Morgan fingerprint density at radius 2 is 2.05 bits per heavy atom. The van der Waals surface area contributed by atoms with Crippen LogP contribution in [0, 0.1) is 16.0 Å². The van der Waals surface area contributed by atoms with Gasteiger partial charge in [0, 0.05) is 29.5 Å². The van der Waals surface area contributed by atoms with Crippen molar-refractivity contribution >= 4 is 11.6 Å². The number of hydrogen-bond acceptors (Lipinski definition) is 5. The van der Waals surface area contributed by atoms with Crippen LogP contribution >= 0.6 is 0 Å². The van der Waals surface area contributed by atoms with Gasteiger partial charge in [-0.15, -0.1) is 0 Å². The minimum Gasteiger partial charge on any atom is -0.490 e. The molecule has 1 aliphatic heterocycles. The van der Waals surface area contributed by atoms with Crippen molar-refractivity contribution < 1.29 is 19.2 Å². The van der Waals surface area contributed by atoms with Gasteiger partial charge in [0.2, 0.25) is 11.9 Å². The SMILES string of the molecule is O=C(Nc1ccc2c(c1)OCCCO2)[C@H]1C[C@H]1[N+](=O)[O-]. The summed E-state index contributed by atoms with van der Waals surface area (Å²) in [6.07, 6.45) is 1.12. The lowest BCUT2D eigenvalue weighted by Crippen LogP contribution is -2.18. The molecule has 1 amide bonds. The van der Waals surface area contributed by atoms with Crippen LogP contribution in [0.2, 0.25) is 0 Å². The summed E-state index contributed by atoms with van der Waals surface area (Å²) in [5.41, 5.74) is 0.563. The van der Waals surface area contributed by atoms with Crippen molar-refractivity contribution in [1.29, 1.82) is 0 Å². The van der Waals surface area contributed by atoms with E-state index in [-0.39, 0.29) is 5.91 Å². The zero-order valence-corrected chi connectivity index (χ0v) is 10.7. The molecule has 1 aromatic rings. The third-order valence-electron chi connectivity index (χ3n) is 3.38. The molecular formula is C13H14N2O5. The van der Waals surface area contributed by atoms with Crippen LogP contribution in [0.3, 0.4) is 0 Å². The number of rotatable bonds is 3. The van der Waals surface area contributed by atoms with Gasteiger partial charge in [-0.25, -0.2) is 0 Å². The zero-order chi connectivity index (χ0) is 14.1. The highest BCUT2D eigenvalue weighted by molar-refractivity contribution is 5.95. The molecule has 2 atom stereocenters. The van der Waals surface area contributed by atoms with E-state index in [0.29, 0.717) is 36.8 Å². The Morgan fingerprint density at radius 3 is 2.75 bits per heavy atom. The molecule has 20 heavy (non-hydrogen) atoms. The first-order valence-corrected chi connectivity index (χ1v) is 6.49. The summed E-state index contributed by atoms with van der Waals surface area (Å²) in [4.78, 5) is 22.0. The Kier molecular flexibility index (Phi) is 3.17. The lowest BCUT2D eigenvalue weighted by Gasteiger charge is -2.10. The average Bonchev–Trinajstić information content (AvgIpc) is 3.22. The van der Waals surface area contributed by atoms with Gasteiger partial charge in [-0.1, -0.05) is 0 Å². The van der Waals surface area contributed by atoms with Crippen LogP contribution in [0.4, 0.5) is 5.69 Å². The molecule has 0 saturated heterocycles. The fraction of sp³-hybridized carbons (Fsp3) is 0.462. The van der Waals surface area contributed by atoms with Crippen molar-refractivity contribution in [2.45, 2.75) is 18.9 Å². The van der Waals surface area contributed by atoms with Crippen molar-refractivity contribution in [1.82, 2.24) is 0 Å². The third kappa shape index (κ3) is 2.52. The van der Waals surface area contributed by atoms with Crippen LogP contribution in [-0.4, -0.2) is 30.1 Å². The second-order valence-corrected chi connectivity index (χ2v) is 4.90. The summed E-state index contributed by atoms with van der Waals surface area (Å²) in [6, 6.07) is 4.38. The Hall–Kier alpha value is -2.31. The highest BCUT2D eigenvalue weighted by Crippen LogP contribution is 2.36. The van der Waals surface area contributed by atoms with Gasteiger partial charge in [0.05, 0.1) is 13.2 Å². The molecule has 0 aromatic heterocycles. The number of nitro groups is 1. The number of benzene rings is 1. The molecule has 7 heteroatoms. The summed E-state index contributed by atoms with van der Waals surface area (Å²) >= 11 is 0. The van der Waals surface area contributed by atoms with E-state index in [1.54, 1.807) is 18.2 Å². The molecular weight excluding hydrogens is 264 g/mol. The fourth-order valence-corrected chi connectivity index (χ4v) is 2.17. The summed E-state index contributed by atoms with van der Waals surface area (Å²) < 4.78 is 11.0. The maximum atomic E-state index is 11.8. The second-order valence-electron chi connectivity index (χ2n) is 4.90. The molecule has 7 nitrogen and oxygen atoms in total. The van der Waals surface area contributed by atoms with E-state index < -0.39 is 16.9 Å². The predicted molar refractivity (Wildman–Crippen MR) is 69.6 cm³/mol. The number of nitrogens with zero attached hydrogens (tertiary/aromatic N) is 1. The topological polar surface area (TPSA) is 90.7 Å². The van der Waals surface area contributed by atoms with E-state index >= 15 is 0 Å². The molecule has 0 unspecified atom stereocenters. The molecule has 1 aliphatic carbocycles. The van der Waals surface area contributed by atoms with Crippen LogP contribution in [0.1, 0.15) is 12.8 Å². The van der Waals surface area contributed by atoms with Crippen LogP contribution in [0.5, 0.6) is 11.5 Å². The number of carbonyl (C=O) groups is 1. The van der Waals surface area contributed by atoms with Gasteiger partial charge in [0.25, 0.3) is 0 Å². The summed E-state index contributed by atoms with van der Waals surface area (Å²) in [5.74, 6) is 0.388. The molecule has 1 N–H and O–H groups in total. The van der Waals surface area contributed by atoms with Crippen molar-refractivity contribution in [3.8, 4) is 11.5 Å². The van der Waals surface area contributed by atoms with E-state index in [2.05, 4.69) is 5.32 Å². The minimum atomic E-state index is -0.740. The number of carbonyl (C=O) groups excluding carboxylic acids is 1. The number of nitrogens with one attached hydrogen (secondary N) is 1. The van der Waals surface area contributed by atoms with Crippen molar-refractivity contribution in [2.24, 2.45) is 5.92 Å². The lowest BCUT2D eigenvalue weighted by atomic mass is 10.2. The quantitative estimate of drug-likeness (QED) is 0.667. The normalized spacial score (nSPS) is 23.6. The van der Waals surface area contributed by atoms with Gasteiger partial charge in [-0.3, -0.25) is 14.9 Å². The number of anilines is 1. The average molecular weight is 278 g/mol. The molecule has 0 bridgehead atoms. The monoisotopic (exact) mass is 278 g/mol. The molecule has 0 spiro atoms. The Labute approximate surface area is 115 Å². The molecule has 2 aliphatic rings. The maximum absolute atomic E-state index is 11.8. The molecule has 3 rings (SSSR count). The number of fused-ring (bicyclic) bond motifs is 1.